The van der Waals surface area contributed by atoms with Crippen LogP contribution in [0.15, 0.2) is 0 Å². The molecule has 0 aromatic heterocycles. The Morgan fingerprint density at radius 2 is 0.739 bits per heavy atom. The lowest BCUT2D eigenvalue weighted by Crippen LogP contribution is -2.02. The molecule has 0 aromatic rings. The molecule has 0 aliphatic carbocycles. The minimum Gasteiger partial charge on any atom is -0.400 e. The van der Waals surface area contributed by atoms with E-state index < -0.39 is 6.29 Å². The van der Waals surface area contributed by atoms with E-state index in [1.165, 1.54) is 77.0 Å². The Morgan fingerprint density at radius 3 is 1.00 bits per heavy atom. The lowest BCUT2D eigenvalue weighted by Gasteiger charge is -2.04. The summed E-state index contributed by atoms with van der Waals surface area (Å²) in [7, 11) is 2.00. The predicted molar refractivity (Wildman–Crippen MR) is 99.4 cm³/mol. The highest BCUT2D eigenvalue weighted by Gasteiger charge is 1.97. The average molecular weight is 337 g/mol. The van der Waals surface area contributed by atoms with Crippen LogP contribution in [0, 0.1) is 0 Å². The normalized spacial score (nSPS) is 9.91. The molecule has 0 atom stereocenters. The van der Waals surface area contributed by atoms with Crippen molar-refractivity contribution in [3.8, 4) is 0 Å². The first kappa shape index (κ1) is 27.7. The molecule has 0 amide bonds. The van der Waals surface area contributed by atoms with Crippen molar-refractivity contribution in [2.75, 3.05) is 14.2 Å². The summed E-state index contributed by atoms with van der Waals surface area (Å²) in [5, 5.41) is 31.4. The molecule has 0 fully saturated rings. The second-order valence-corrected chi connectivity index (χ2v) is 5.87. The van der Waals surface area contributed by atoms with Crippen LogP contribution in [-0.4, -0.2) is 40.9 Å². The third-order valence-corrected chi connectivity index (χ3v) is 3.82. The van der Waals surface area contributed by atoms with Crippen molar-refractivity contribution in [2.45, 2.75) is 110 Å². The molecule has 0 bridgehead atoms. The molecule has 4 N–H and O–H groups in total. The zero-order valence-electron chi connectivity index (χ0n) is 16.0. The first-order chi connectivity index (χ1) is 11.3. The Labute approximate surface area is 144 Å². The van der Waals surface area contributed by atoms with Gasteiger partial charge in [-0.1, -0.05) is 90.4 Å². The van der Waals surface area contributed by atoms with Crippen molar-refractivity contribution in [1.82, 2.24) is 0 Å². The molecule has 0 heterocycles. The van der Waals surface area contributed by atoms with E-state index in [9.17, 15) is 0 Å². The molecule has 0 unspecified atom stereocenters. The summed E-state index contributed by atoms with van der Waals surface area (Å²) in [6.07, 6.45) is 18.2. The Hall–Kier alpha value is -0.160. The third-order valence-electron chi connectivity index (χ3n) is 3.82. The number of hydrogen-bond donors (Lipinski definition) is 4. The number of unbranched alkanes of at least 4 members (excludes halogenated alkanes) is 13. The van der Waals surface area contributed by atoms with E-state index in [1.54, 1.807) is 0 Å². The van der Waals surface area contributed by atoms with Crippen LogP contribution in [0.1, 0.15) is 103 Å². The summed E-state index contributed by atoms with van der Waals surface area (Å²) < 4.78 is 0. The smallest absolute Gasteiger partial charge is 0.151 e. The van der Waals surface area contributed by atoms with Crippen LogP contribution in [0.2, 0.25) is 0 Å². The van der Waals surface area contributed by atoms with Gasteiger partial charge in [0.05, 0.1) is 0 Å². The van der Waals surface area contributed by atoms with Gasteiger partial charge in [-0.05, 0) is 12.8 Å². The highest BCUT2D eigenvalue weighted by molar-refractivity contribution is 4.49. The van der Waals surface area contributed by atoms with Crippen LogP contribution < -0.4 is 0 Å². The largest absolute Gasteiger partial charge is 0.400 e. The van der Waals surface area contributed by atoms with Crippen LogP contribution in [0.4, 0.5) is 0 Å². The highest BCUT2D eigenvalue weighted by Crippen LogP contribution is 2.13. The predicted octanol–water partition coefficient (Wildman–Crippen LogP) is 4.39. The second-order valence-electron chi connectivity index (χ2n) is 5.87. The summed E-state index contributed by atoms with van der Waals surface area (Å²) >= 11 is 0. The lowest BCUT2D eigenvalue weighted by molar-refractivity contribution is -0.0466. The molecular formula is C19H44O4. The fourth-order valence-electron chi connectivity index (χ4n) is 2.52. The fourth-order valence-corrected chi connectivity index (χ4v) is 2.52. The van der Waals surface area contributed by atoms with E-state index >= 15 is 0 Å². The van der Waals surface area contributed by atoms with Crippen molar-refractivity contribution >= 4 is 0 Å². The van der Waals surface area contributed by atoms with Crippen molar-refractivity contribution in [2.24, 2.45) is 0 Å². The molecule has 0 rings (SSSR count). The SMILES string of the molecule is CCCCCCCCCCCCCCCCC(O)O.CO.CO. The van der Waals surface area contributed by atoms with Crippen LogP contribution in [0.3, 0.4) is 0 Å². The van der Waals surface area contributed by atoms with E-state index in [2.05, 4.69) is 6.92 Å². The number of aliphatic hydroxyl groups excluding tert-OH is 3. The maximum Gasteiger partial charge on any atom is 0.151 e. The van der Waals surface area contributed by atoms with E-state index in [1.807, 2.05) is 0 Å². The number of rotatable bonds is 15. The van der Waals surface area contributed by atoms with Crippen LogP contribution in [-0.2, 0) is 0 Å². The molecule has 23 heavy (non-hydrogen) atoms. The molecule has 0 spiro atoms. The summed E-state index contributed by atoms with van der Waals surface area (Å²) in [5.74, 6) is 0. The zero-order valence-corrected chi connectivity index (χ0v) is 16.0. The van der Waals surface area contributed by atoms with Gasteiger partial charge in [0.15, 0.2) is 6.29 Å². The standard InChI is InChI=1S/C17H36O2.2CH4O/c1-2-3-4-5-6-7-8-9-10-11-12-13-14-15-16-17(18)19;2*1-2/h17-19H,2-16H2,1H3;2*2H,1H3. The van der Waals surface area contributed by atoms with Crippen LogP contribution >= 0.6 is 0 Å². The quantitative estimate of drug-likeness (QED) is 0.264. The van der Waals surface area contributed by atoms with Crippen LogP contribution in [0.5, 0.6) is 0 Å². The molecule has 0 aliphatic rings. The summed E-state index contributed by atoms with van der Waals surface area (Å²) in [5.41, 5.74) is 0. The Morgan fingerprint density at radius 1 is 0.478 bits per heavy atom. The summed E-state index contributed by atoms with van der Waals surface area (Å²) in [6, 6.07) is 0. The average Bonchev–Trinajstić information content (AvgIpc) is 2.58. The third kappa shape index (κ3) is 34.3. The first-order valence-electron chi connectivity index (χ1n) is 9.53. The van der Waals surface area contributed by atoms with E-state index in [0.29, 0.717) is 6.42 Å². The minimum atomic E-state index is -1.10. The Kier molecular flexibility index (Phi) is 35.9. The van der Waals surface area contributed by atoms with Gasteiger partial charge in [-0.15, -0.1) is 0 Å². The molecule has 4 heteroatoms. The molecule has 144 valence electrons. The molecular weight excluding hydrogens is 292 g/mol. The van der Waals surface area contributed by atoms with Gasteiger partial charge >= 0.3 is 0 Å². The number of aliphatic hydroxyl groups is 4. The van der Waals surface area contributed by atoms with Gasteiger partial charge in [-0.2, -0.15) is 0 Å². The maximum atomic E-state index is 8.70. The second kappa shape index (κ2) is 29.8. The molecule has 0 aliphatic heterocycles. The van der Waals surface area contributed by atoms with Gasteiger partial charge in [-0.3, -0.25) is 0 Å². The van der Waals surface area contributed by atoms with Crippen molar-refractivity contribution in [3.05, 3.63) is 0 Å². The zero-order chi connectivity index (χ0) is 18.2. The summed E-state index contributed by atoms with van der Waals surface area (Å²) in [4.78, 5) is 0. The van der Waals surface area contributed by atoms with Crippen molar-refractivity contribution < 1.29 is 20.4 Å². The van der Waals surface area contributed by atoms with Gasteiger partial charge in [0.25, 0.3) is 0 Å². The van der Waals surface area contributed by atoms with Crippen molar-refractivity contribution in [1.29, 1.82) is 0 Å². The number of hydrogen-bond acceptors (Lipinski definition) is 4. The molecule has 0 saturated carbocycles. The maximum absolute atomic E-state index is 8.70. The van der Waals surface area contributed by atoms with Crippen LogP contribution in [0.25, 0.3) is 0 Å². The van der Waals surface area contributed by atoms with Gasteiger partial charge < -0.3 is 20.4 Å². The van der Waals surface area contributed by atoms with Gasteiger partial charge in [0.2, 0.25) is 0 Å². The van der Waals surface area contributed by atoms with Gasteiger partial charge in [0.1, 0.15) is 0 Å². The fraction of sp³-hybridized carbons (Fsp3) is 1.00. The van der Waals surface area contributed by atoms with Gasteiger partial charge in [-0.25, -0.2) is 0 Å². The monoisotopic (exact) mass is 336 g/mol. The van der Waals surface area contributed by atoms with E-state index in [-0.39, 0.29) is 0 Å². The Balaban J connectivity index is -0.000000919. The molecule has 0 aromatic carbocycles. The topological polar surface area (TPSA) is 80.9 Å². The van der Waals surface area contributed by atoms with E-state index in [0.717, 1.165) is 27.1 Å². The highest BCUT2D eigenvalue weighted by atomic mass is 16.5. The molecule has 0 saturated heterocycles. The van der Waals surface area contributed by atoms with Gasteiger partial charge in [0, 0.05) is 14.2 Å². The lowest BCUT2D eigenvalue weighted by atomic mass is 10.0. The molecule has 0 radical (unpaired) electrons. The minimum absolute atomic E-state index is 0.540. The Bertz CT molecular complexity index is 163. The molecule has 4 nitrogen and oxygen atoms in total. The summed E-state index contributed by atoms with van der Waals surface area (Å²) in [6.45, 7) is 2.27. The van der Waals surface area contributed by atoms with E-state index in [4.69, 9.17) is 20.4 Å². The first-order valence-corrected chi connectivity index (χ1v) is 9.53. The van der Waals surface area contributed by atoms with Crippen molar-refractivity contribution in [3.63, 3.8) is 0 Å².